The Morgan fingerprint density at radius 2 is 2.10 bits per heavy atom. The predicted molar refractivity (Wildman–Crippen MR) is 79.7 cm³/mol. The standard InChI is InChI=1S/C16H25N3O/c1-3-8-19(16(20)15-5-4-9-18(15)2)14-10-12-6-7-13(11-14)17-12/h4-5,9,12-14,17H,3,6-8,10-11H2,1-2H3. The minimum atomic E-state index is 0.200. The Bertz CT molecular complexity index is 470. The van der Waals surface area contributed by atoms with Gasteiger partial charge in [0.15, 0.2) is 0 Å². The molecule has 2 saturated heterocycles. The molecule has 1 aromatic rings. The van der Waals surface area contributed by atoms with Gasteiger partial charge in [-0.3, -0.25) is 4.79 Å². The summed E-state index contributed by atoms with van der Waals surface area (Å²) >= 11 is 0. The molecule has 2 atom stereocenters. The Hall–Kier alpha value is -1.29. The van der Waals surface area contributed by atoms with E-state index in [4.69, 9.17) is 0 Å². The Balaban J connectivity index is 1.78. The first-order valence-corrected chi connectivity index (χ1v) is 7.87. The first-order valence-electron chi connectivity index (χ1n) is 7.87. The molecule has 0 spiro atoms. The molecule has 1 N–H and O–H groups in total. The Kier molecular flexibility index (Phi) is 3.83. The number of rotatable bonds is 4. The Labute approximate surface area is 121 Å². The van der Waals surface area contributed by atoms with Gasteiger partial charge in [0.05, 0.1) is 0 Å². The molecule has 0 radical (unpaired) electrons. The van der Waals surface area contributed by atoms with Gasteiger partial charge in [0, 0.05) is 37.9 Å². The molecule has 1 aromatic heterocycles. The molecule has 2 aliphatic heterocycles. The number of amides is 1. The molecular weight excluding hydrogens is 250 g/mol. The highest BCUT2D eigenvalue weighted by molar-refractivity contribution is 5.93. The van der Waals surface area contributed by atoms with Crippen LogP contribution in [0.5, 0.6) is 0 Å². The second-order valence-corrected chi connectivity index (χ2v) is 6.27. The third-order valence-electron chi connectivity index (χ3n) is 4.78. The van der Waals surface area contributed by atoms with Crippen LogP contribution in [0.1, 0.15) is 49.5 Å². The van der Waals surface area contributed by atoms with Crippen LogP contribution in [-0.4, -0.2) is 40.0 Å². The molecule has 20 heavy (non-hydrogen) atoms. The smallest absolute Gasteiger partial charge is 0.270 e. The second-order valence-electron chi connectivity index (χ2n) is 6.27. The third-order valence-corrected chi connectivity index (χ3v) is 4.78. The summed E-state index contributed by atoms with van der Waals surface area (Å²) in [4.78, 5) is 15.0. The van der Waals surface area contributed by atoms with Gasteiger partial charge in [-0.15, -0.1) is 0 Å². The molecule has 2 bridgehead atoms. The summed E-state index contributed by atoms with van der Waals surface area (Å²) in [5.74, 6) is 0.200. The fourth-order valence-electron chi connectivity index (χ4n) is 3.80. The molecule has 4 nitrogen and oxygen atoms in total. The van der Waals surface area contributed by atoms with E-state index in [9.17, 15) is 4.79 Å². The normalized spacial score (nSPS) is 28.6. The number of carbonyl (C=O) groups is 1. The highest BCUT2D eigenvalue weighted by Crippen LogP contribution is 2.30. The topological polar surface area (TPSA) is 37.3 Å². The molecule has 0 aromatic carbocycles. The summed E-state index contributed by atoms with van der Waals surface area (Å²) in [7, 11) is 1.95. The fraction of sp³-hybridized carbons (Fsp3) is 0.688. The van der Waals surface area contributed by atoms with E-state index in [0.29, 0.717) is 18.1 Å². The van der Waals surface area contributed by atoms with Gasteiger partial charge >= 0.3 is 0 Å². The maximum Gasteiger partial charge on any atom is 0.270 e. The first-order chi connectivity index (χ1) is 9.69. The van der Waals surface area contributed by atoms with Crippen molar-refractivity contribution in [3.05, 3.63) is 24.0 Å². The molecule has 2 unspecified atom stereocenters. The van der Waals surface area contributed by atoms with Crippen LogP contribution in [0, 0.1) is 0 Å². The average molecular weight is 275 g/mol. The Morgan fingerprint density at radius 3 is 2.65 bits per heavy atom. The number of hydrogen-bond acceptors (Lipinski definition) is 2. The predicted octanol–water partition coefficient (Wildman–Crippen LogP) is 2.16. The van der Waals surface area contributed by atoms with E-state index in [1.54, 1.807) is 0 Å². The molecule has 3 heterocycles. The maximum atomic E-state index is 12.8. The number of aryl methyl sites for hydroxylation is 1. The van der Waals surface area contributed by atoms with Crippen LogP contribution in [0.25, 0.3) is 0 Å². The number of fused-ring (bicyclic) bond motifs is 2. The summed E-state index contributed by atoms with van der Waals surface area (Å²) in [6.45, 7) is 3.02. The van der Waals surface area contributed by atoms with E-state index in [1.807, 2.05) is 29.9 Å². The van der Waals surface area contributed by atoms with Crippen molar-refractivity contribution in [2.75, 3.05) is 6.54 Å². The van der Waals surface area contributed by atoms with Gasteiger partial charge in [-0.1, -0.05) is 6.92 Å². The largest absolute Gasteiger partial charge is 0.347 e. The second kappa shape index (κ2) is 5.60. The minimum absolute atomic E-state index is 0.200. The van der Waals surface area contributed by atoms with Crippen molar-refractivity contribution in [3.8, 4) is 0 Å². The summed E-state index contributed by atoms with van der Waals surface area (Å²) in [6.07, 6.45) is 7.76. The number of nitrogens with one attached hydrogen (secondary N) is 1. The quantitative estimate of drug-likeness (QED) is 0.914. The first kappa shape index (κ1) is 13.7. The van der Waals surface area contributed by atoms with Crippen molar-refractivity contribution in [3.63, 3.8) is 0 Å². The van der Waals surface area contributed by atoms with Gasteiger partial charge in [-0.05, 0) is 44.2 Å². The number of piperidine rings is 1. The summed E-state index contributed by atoms with van der Waals surface area (Å²) in [6, 6.07) is 5.54. The zero-order valence-corrected chi connectivity index (χ0v) is 12.5. The van der Waals surface area contributed by atoms with Crippen LogP contribution in [0.15, 0.2) is 18.3 Å². The van der Waals surface area contributed by atoms with Gasteiger partial charge in [-0.25, -0.2) is 0 Å². The lowest BCUT2D eigenvalue weighted by Crippen LogP contribution is -2.50. The lowest BCUT2D eigenvalue weighted by Gasteiger charge is -2.37. The van der Waals surface area contributed by atoms with Gasteiger partial charge in [0.25, 0.3) is 5.91 Å². The van der Waals surface area contributed by atoms with E-state index in [0.717, 1.165) is 31.5 Å². The van der Waals surface area contributed by atoms with Crippen molar-refractivity contribution in [1.82, 2.24) is 14.8 Å². The summed E-state index contributed by atoms with van der Waals surface area (Å²) in [5.41, 5.74) is 0.810. The van der Waals surface area contributed by atoms with E-state index in [-0.39, 0.29) is 5.91 Å². The molecule has 110 valence electrons. The monoisotopic (exact) mass is 275 g/mol. The van der Waals surface area contributed by atoms with Crippen LogP contribution < -0.4 is 5.32 Å². The van der Waals surface area contributed by atoms with Crippen molar-refractivity contribution >= 4 is 5.91 Å². The molecule has 4 heteroatoms. The van der Waals surface area contributed by atoms with Gasteiger partial charge in [-0.2, -0.15) is 0 Å². The van der Waals surface area contributed by atoms with E-state index in [2.05, 4.69) is 17.1 Å². The highest BCUT2D eigenvalue weighted by atomic mass is 16.2. The lowest BCUT2D eigenvalue weighted by molar-refractivity contribution is 0.0607. The Morgan fingerprint density at radius 1 is 1.40 bits per heavy atom. The summed E-state index contributed by atoms with van der Waals surface area (Å²) < 4.78 is 1.93. The highest BCUT2D eigenvalue weighted by Gasteiger charge is 2.37. The van der Waals surface area contributed by atoms with Crippen molar-refractivity contribution in [2.24, 2.45) is 7.05 Å². The zero-order chi connectivity index (χ0) is 14.1. The fourth-order valence-corrected chi connectivity index (χ4v) is 3.80. The molecular formula is C16H25N3O. The van der Waals surface area contributed by atoms with Crippen molar-refractivity contribution in [1.29, 1.82) is 0 Å². The third kappa shape index (κ3) is 2.49. The molecule has 2 fully saturated rings. The van der Waals surface area contributed by atoms with Crippen LogP contribution in [-0.2, 0) is 7.05 Å². The maximum absolute atomic E-state index is 12.8. The number of hydrogen-bond donors (Lipinski definition) is 1. The molecule has 0 saturated carbocycles. The zero-order valence-electron chi connectivity index (χ0n) is 12.5. The van der Waals surface area contributed by atoms with Crippen LogP contribution in [0.2, 0.25) is 0 Å². The molecule has 3 rings (SSSR count). The number of carbonyl (C=O) groups excluding carboxylic acids is 1. The average Bonchev–Trinajstić information content (AvgIpc) is 3.01. The van der Waals surface area contributed by atoms with E-state index >= 15 is 0 Å². The van der Waals surface area contributed by atoms with Gasteiger partial charge < -0.3 is 14.8 Å². The molecule has 1 amide bonds. The van der Waals surface area contributed by atoms with Crippen molar-refractivity contribution in [2.45, 2.75) is 57.2 Å². The van der Waals surface area contributed by atoms with Crippen molar-refractivity contribution < 1.29 is 4.79 Å². The lowest BCUT2D eigenvalue weighted by atomic mass is 9.97. The van der Waals surface area contributed by atoms with Crippen LogP contribution in [0.4, 0.5) is 0 Å². The number of nitrogens with zero attached hydrogens (tertiary/aromatic N) is 2. The van der Waals surface area contributed by atoms with Gasteiger partial charge in [0.1, 0.15) is 5.69 Å². The van der Waals surface area contributed by atoms with E-state index in [1.165, 1.54) is 12.8 Å². The number of aromatic nitrogens is 1. The van der Waals surface area contributed by atoms with Gasteiger partial charge in [0.2, 0.25) is 0 Å². The molecule has 0 aliphatic carbocycles. The summed E-state index contributed by atoms with van der Waals surface area (Å²) in [5, 5.41) is 3.66. The molecule has 2 aliphatic rings. The minimum Gasteiger partial charge on any atom is -0.347 e. The van der Waals surface area contributed by atoms with E-state index < -0.39 is 0 Å². The SMILES string of the molecule is CCCN(C(=O)c1cccn1C)C1CC2CCC(C1)N2. The van der Waals surface area contributed by atoms with Crippen LogP contribution in [0.3, 0.4) is 0 Å². The van der Waals surface area contributed by atoms with Crippen LogP contribution >= 0.6 is 0 Å².